The fraction of sp³-hybridized carbons (Fsp3) is 0.688. The molecule has 0 saturated heterocycles. The van der Waals surface area contributed by atoms with Crippen molar-refractivity contribution in [2.45, 2.75) is 54.1 Å². The van der Waals surface area contributed by atoms with Crippen LogP contribution in [0.3, 0.4) is 0 Å². The Kier molecular flexibility index (Phi) is 6.80. The number of carboxylic acids is 1. The molecule has 6 heteroatoms. The van der Waals surface area contributed by atoms with Crippen LogP contribution in [0, 0.1) is 10.8 Å². The molecule has 0 amide bonds. The van der Waals surface area contributed by atoms with E-state index >= 15 is 0 Å². The summed E-state index contributed by atoms with van der Waals surface area (Å²) in [6.45, 7) is 14.5. The van der Waals surface area contributed by atoms with Crippen LogP contribution < -0.4 is 0 Å². The highest BCUT2D eigenvalue weighted by Crippen LogP contribution is 2.36. The number of hydrogen-bond donors (Lipinski definition) is 1. The molecule has 0 radical (unpaired) electrons. The summed E-state index contributed by atoms with van der Waals surface area (Å²) < 4.78 is 9.96. The van der Waals surface area contributed by atoms with Crippen LogP contribution in [0.5, 0.6) is 0 Å². The molecule has 0 unspecified atom stereocenters. The highest BCUT2D eigenvalue weighted by molar-refractivity contribution is 5.94. The first-order valence-electron chi connectivity index (χ1n) is 7.01. The largest absolute Gasteiger partial charge is 0.479 e. The maximum absolute atomic E-state index is 12.0. The van der Waals surface area contributed by atoms with E-state index in [1.54, 1.807) is 0 Å². The van der Waals surface area contributed by atoms with Gasteiger partial charge < -0.3 is 14.6 Å². The van der Waals surface area contributed by atoms with Gasteiger partial charge in [0.15, 0.2) is 6.61 Å². The second-order valence-corrected chi connectivity index (χ2v) is 7.35. The molecule has 1 N–H and O–H groups in total. The number of esters is 2. The summed E-state index contributed by atoms with van der Waals surface area (Å²) >= 11 is 0. The Bertz CT molecular complexity index is 436. The molecule has 0 atom stereocenters. The molecule has 126 valence electrons. The molecule has 0 spiro atoms. The molecule has 0 fully saturated rings. The Hall–Kier alpha value is -1.85. The normalized spacial score (nSPS) is 12.0. The van der Waals surface area contributed by atoms with Crippen molar-refractivity contribution >= 4 is 17.9 Å². The molecular weight excluding hydrogens is 288 g/mol. The van der Waals surface area contributed by atoms with Crippen LogP contribution in [0.4, 0.5) is 0 Å². The van der Waals surface area contributed by atoms with E-state index in [1.165, 1.54) is 0 Å². The van der Waals surface area contributed by atoms with Gasteiger partial charge in [0.1, 0.15) is 6.10 Å². The van der Waals surface area contributed by atoms with Crippen molar-refractivity contribution in [3.05, 3.63) is 12.2 Å². The quantitative estimate of drug-likeness (QED) is 0.598. The molecular formula is C16H26O6. The molecule has 0 aliphatic heterocycles. The highest BCUT2D eigenvalue weighted by Gasteiger charge is 2.38. The zero-order valence-electron chi connectivity index (χ0n) is 14.2. The smallest absolute Gasteiger partial charge is 0.341 e. The summed E-state index contributed by atoms with van der Waals surface area (Å²) in [5.74, 6) is -2.78. The third kappa shape index (κ3) is 7.24. The van der Waals surface area contributed by atoms with Crippen molar-refractivity contribution in [1.82, 2.24) is 0 Å². The summed E-state index contributed by atoms with van der Waals surface area (Å²) in [6.07, 6.45) is -0.684. The third-order valence-corrected chi connectivity index (χ3v) is 2.80. The van der Waals surface area contributed by atoms with E-state index in [1.807, 2.05) is 41.5 Å². The average molecular weight is 314 g/mol. The van der Waals surface area contributed by atoms with Crippen molar-refractivity contribution in [1.29, 1.82) is 0 Å². The Labute approximate surface area is 131 Å². The minimum Gasteiger partial charge on any atom is -0.479 e. The Balaban J connectivity index is 4.69. The van der Waals surface area contributed by atoms with Crippen molar-refractivity contribution in [2.24, 2.45) is 10.8 Å². The number of carbonyl (C=O) groups is 3. The van der Waals surface area contributed by atoms with Gasteiger partial charge in [-0.1, -0.05) is 48.1 Å². The van der Waals surface area contributed by atoms with Crippen LogP contribution in [-0.2, 0) is 23.9 Å². The second kappa shape index (κ2) is 7.42. The second-order valence-electron chi connectivity index (χ2n) is 7.35. The molecule has 0 saturated carbocycles. The molecule has 0 aromatic heterocycles. The van der Waals surface area contributed by atoms with Gasteiger partial charge in [-0.2, -0.15) is 0 Å². The van der Waals surface area contributed by atoms with E-state index in [9.17, 15) is 14.4 Å². The van der Waals surface area contributed by atoms with E-state index < -0.39 is 24.5 Å². The monoisotopic (exact) mass is 314 g/mol. The van der Waals surface area contributed by atoms with Gasteiger partial charge in [0, 0.05) is 5.57 Å². The zero-order chi connectivity index (χ0) is 17.7. The topological polar surface area (TPSA) is 89.9 Å². The first-order valence-corrected chi connectivity index (χ1v) is 7.01. The van der Waals surface area contributed by atoms with Gasteiger partial charge in [-0.25, -0.2) is 9.59 Å². The summed E-state index contributed by atoms with van der Waals surface area (Å²) in [7, 11) is 0. The summed E-state index contributed by atoms with van der Waals surface area (Å²) in [5, 5.41) is 8.43. The van der Waals surface area contributed by atoms with Gasteiger partial charge in [-0.15, -0.1) is 0 Å². The molecule has 22 heavy (non-hydrogen) atoms. The van der Waals surface area contributed by atoms with E-state index in [4.69, 9.17) is 9.84 Å². The van der Waals surface area contributed by atoms with Crippen molar-refractivity contribution in [3.63, 3.8) is 0 Å². The van der Waals surface area contributed by atoms with Crippen LogP contribution in [-0.4, -0.2) is 35.7 Å². The first-order chi connectivity index (χ1) is 9.75. The predicted octanol–water partition coefficient (Wildman–Crippen LogP) is 2.56. The lowest BCUT2D eigenvalue weighted by Crippen LogP contribution is -2.42. The molecule has 0 aromatic rings. The maximum Gasteiger partial charge on any atom is 0.341 e. The van der Waals surface area contributed by atoms with Crippen LogP contribution >= 0.6 is 0 Å². The summed E-state index contributed by atoms with van der Waals surface area (Å²) in [5.41, 5.74) is -0.661. The van der Waals surface area contributed by atoms with Crippen LogP contribution in [0.2, 0.25) is 0 Å². The highest BCUT2D eigenvalue weighted by atomic mass is 16.6. The van der Waals surface area contributed by atoms with Crippen LogP contribution in [0.15, 0.2) is 12.2 Å². The average Bonchev–Trinajstić information content (AvgIpc) is 2.29. The Morgan fingerprint density at radius 3 is 1.86 bits per heavy atom. The third-order valence-electron chi connectivity index (χ3n) is 2.80. The van der Waals surface area contributed by atoms with Crippen LogP contribution in [0.1, 0.15) is 48.0 Å². The molecule has 6 nitrogen and oxygen atoms in total. The molecule has 0 aromatic carbocycles. The van der Waals surface area contributed by atoms with Gasteiger partial charge in [0.2, 0.25) is 0 Å². The Morgan fingerprint density at radius 2 is 1.50 bits per heavy atom. The Morgan fingerprint density at radius 1 is 1.05 bits per heavy atom. The van der Waals surface area contributed by atoms with E-state index in [2.05, 4.69) is 11.3 Å². The lowest BCUT2D eigenvalue weighted by molar-refractivity contribution is -0.164. The first kappa shape index (κ1) is 20.1. The fourth-order valence-corrected chi connectivity index (χ4v) is 2.30. The van der Waals surface area contributed by atoms with Gasteiger partial charge in [0.05, 0.1) is 6.42 Å². The van der Waals surface area contributed by atoms with Crippen molar-refractivity contribution in [2.75, 3.05) is 6.61 Å². The minimum atomic E-state index is -1.27. The van der Waals surface area contributed by atoms with Crippen LogP contribution in [0.25, 0.3) is 0 Å². The van der Waals surface area contributed by atoms with Gasteiger partial charge in [-0.05, 0) is 10.8 Å². The zero-order valence-corrected chi connectivity index (χ0v) is 14.2. The SMILES string of the molecule is C=C(CC(=O)OC(C(C)(C)C)C(C)(C)C)C(=O)OCC(=O)O. The summed E-state index contributed by atoms with van der Waals surface area (Å²) in [4.78, 5) is 33.8. The van der Waals surface area contributed by atoms with E-state index in [0.29, 0.717) is 0 Å². The summed E-state index contributed by atoms with van der Waals surface area (Å²) in [6, 6.07) is 0. The van der Waals surface area contributed by atoms with Crippen molar-refractivity contribution in [3.8, 4) is 0 Å². The fourth-order valence-electron chi connectivity index (χ4n) is 2.30. The number of hydrogen-bond acceptors (Lipinski definition) is 5. The number of rotatable bonds is 6. The molecule has 0 rings (SSSR count). The molecule has 0 aliphatic rings. The van der Waals surface area contributed by atoms with E-state index in [-0.39, 0.29) is 28.9 Å². The number of aliphatic carboxylic acids is 1. The molecule has 0 aliphatic carbocycles. The minimum absolute atomic E-state index is 0.132. The van der Waals surface area contributed by atoms with Gasteiger partial charge in [0.25, 0.3) is 0 Å². The standard InChI is InChI=1S/C16H26O6/c1-10(13(20)21-9-11(17)18)8-12(19)22-14(15(2,3)4)16(5,6)7/h14H,1,8-9H2,2-7H3,(H,17,18). The lowest BCUT2D eigenvalue weighted by atomic mass is 9.74. The molecule has 0 bridgehead atoms. The maximum atomic E-state index is 12.0. The number of ether oxygens (including phenoxy) is 2. The van der Waals surface area contributed by atoms with Gasteiger partial charge >= 0.3 is 17.9 Å². The van der Waals surface area contributed by atoms with Crippen molar-refractivity contribution < 1.29 is 29.0 Å². The number of carboxylic acid groups (broad SMARTS) is 1. The predicted molar refractivity (Wildman–Crippen MR) is 81.1 cm³/mol. The molecule has 0 heterocycles. The lowest BCUT2D eigenvalue weighted by Gasteiger charge is -2.39. The van der Waals surface area contributed by atoms with E-state index in [0.717, 1.165) is 0 Å². The number of carbonyl (C=O) groups excluding carboxylic acids is 2. The van der Waals surface area contributed by atoms with Gasteiger partial charge in [-0.3, -0.25) is 4.79 Å².